The summed E-state index contributed by atoms with van der Waals surface area (Å²) >= 11 is 4.91. The number of aromatic nitrogens is 4. The lowest BCUT2D eigenvalue weighted by Crippen LogP contribution is -2.32. The number of ether oxygens (including phenoxy) is 1. The number of nitrogen functional groups attached to an aromatic ring is 1. The number of carbonyl (C=O) groups is 1. The largest absolute Gasteiger partial charge is 0.444 e. The smallest absolute Gasteiger partial charge is 0.408 e. The van der Waals surface area contributed by atoms with Gasteiger partial charge >= 0.3 is 6.09 Å². The molecule has 0 bridgehead atoms. The second kappa shape index (κ2) is 6.60. The summed E-state index contributed by atoms with van der Waals surface area (Å²) in [5, 5.41) is 9.59. The molecule has 132 valence electrons. The van der Waals surface area contributed by atoms with Crippen LogP contribution >= 0.6 is 27.3 Å². The first-order valence-electron chi connectivity index (χ1n) is 7.44. The first-order chi connectivity index (χ1) is 11.7. The van der Waals surface area contributed by atoms with E-state index in [9.17, 15) is 4.79 Å². The monoisotopic (exact) mass is 424 g/mol. The van der Waals surface area contributed by atoms with Gasteiger partial charge in [0.25, 0.3) is 0 Å². The Hall–Kier alpha value is -2.20. The number of nitrogens with two attached hydrogens (primary N) is 1. The molecule has 0 aromatic carbocycles. The molecule has 25 heavy (non-hydrogen) atoms. The lowest BCUT2D eigenvalue weighted by Gasteiger charge is -2.19. The van der Waals surface area contributed by atoms with Crippen LogP contribution in [-0.4, -0.2) is 31.3 Å². The zero-order chi connectivity index (χ0) is 18.2. The molecule has 0 fully saturated rings. The second-order valence-electron chi connectivity index (χ2n) is 6.27. The van der Waals surface area contributed by atoms with E-state index in [1.54, 1.807) is 4.52 Å². The molecule has 0 aliphatic carbocycles. The van der Waals surface area contributed by atoms with Crippen LogP contribution in [0.15, 0.2) is 22.2 Å². The number of hydrogen-bond donors (Lipinski definition) is 2. The van der Waals surface area contributed by atoms with Gasteiger partial charge in [0.1, 0.15) is 28.1 Å². The van der Waals surface area contributed by atoms with E-state index in [1.165, 1.54) is 17.7 Å². The molecule has 0 atom stereocenters. The highest BCUT2D eigenvalue weighted by Crippen LogP contribution is 2.31. The molecule has 0 saturated carbocycles. The van der Waals surface area contributed by atoms with Gasteiger partial charge in [0.05, 0.1) is 12.2 Å². The van der Waals surface area contributed by atoms with Crippen LogP contribution in [0.3, 0.4) is 0 Å². The van der Waals surface area contributed by atoms with Crippen molar-refractivity contribution in [2.75, 3.05) is 5.73 Å². The minimum Gasteiger partial charge on any atom is -0.444 e. The van der Waals surface area contributed by atoms with Gasteiger partial charge in [0.2, 0.25) is 0 Å². The number of alkyl carbamates (subject to hydrolysis) is 1. The fraction of sp³-hybridized carbons (Fsp3) is 0.333. The Bertz CT molecular complexity index is 930. The van der Waals surface area contributed by atoms with E-state index in [0.29, 0.717) is 17.9 Å². The number of carbonyl (C=O) groups excluding carboxylic acids is 1. The fourth-order valence-electron chi connectivity index (χ4n) is 2.18. The molecule has 0 spiro atoms. The number of thiazole rings is 1. The number of amides is 1. The van der Waals surface area contributed by atoms with Gasteiger partial charge in [0.15, 0.2) is 5.82 Å². The van der Waals surface area contributed by atoms with Crippen molar-refractivity contribution >= 4 is 44.7 Å². The van der Waals surface area contributed by atoms with Crippen LogP contribution in [0, 0.1) is 0 Å². The van der Waals surface area contributed by atoms with Crippen molar-refractivity contribution < 1.29 is 9.53 Å². The number of nitrogens with zero attached hydrogens (tertiary/aromatic N) is 4. The van der Waals surface area contributed by atoms with Crippen molar-refractivity contribution in [1.82, 2.24) is 24.9 Å². The minimum absolute atomic E-state index is 0.293. The average Bonchev–Trinajstić information content (AvgIpc) is 3.09. The fourth-order valence-corrected chi connectivity index (χ4v) is 3.49. The van der Waals surface area contributed by atoms with Crippen LogP contribution in [0.25, 0.3) is 16.9 Å². The van der Waals surface area contributed by atoms with Gasteiger partial charge in [-0.1, -0.05) is 0 Å². The summed E-state index contributed by atoms with van der Waals surface area (Å²) in [6.45, 7) is 5.74. The topological polar surface area (TPSA) is 107 Å². The summed E-state index contributed by atoms with van der Waals surface area (Å²) in [5.41, 5.74) is 7.59. The summed E-state index contributed by atoms with van der Waals surface area (Å²) in [4.78, 5) is 20.3. The normalized spacial score (nSPS) is 11.7. The number of rotatable bonds is 3. The molecule has 0 aliphatic rings. The summed E-state index contributed by atoms with van der Waals surface area (Å²) in [5.74, 6) is 0.384. The predicted molar refractivity (Wildman–Crippen MR) is 99.3 cm³/mol. The quantitative estimate of drug-likeness (QED) is 0.667. The Kier molecular flexibility index (Phi) is 4.65. The number of nitrogens with one attached hydrogen (secondary N) is 1. The van der Waals surface area contributed by atoms with E-state index in [2.05, 4.69) is 36.3 Å². The highest BCUT2D eigenvalue weighted by molar-refractivity contribution is 9.10. The third-order valence-corrected chi connectivity index (χ3v) is 4.59. The summed E-state index contributed by atoms with van der Waals surface area (Å²) in [6, 6.07) is 1.89. The number of anilines is 1. The van der Waals surface area contributed by atoms with Crippen LogP contribution in [0.5, 0.6) is 0 Å². The maximum atomic E-state index is 11.7. The Morgan fingerprint density at radius 3 is 2.96 bits per heavy atom. The molecule has 3 aromatic heterocycles. The Morgan fingerprint density at radius 2 is 2.24 bits per heavy atom. The van der Waals surface area contributed by atoms with Crippen molar-refractivity contribution in [2.24, 2.45) is 0 Å². The Morgan fingerprint density at radius 1 is 1.48 bits per heavy atom. The van der Waals surface area contributed by atoms with Gasteiger partial charge < -0.3 is 15.8 Å². The third kappa shape index (κ3) is 3.90. The zero-order valence-electron chi connectivity index (χ0n) is 13.9. The Labute approximate surface area is 156 Å². The maximum absolute atomic E-state index is 11.7. The van der Waals surface area contributed by atoms with Crippen molar-refractivity contribution in [2.45, 2.75) is 32.9 Å². The van der Waals surface area contributed by atoms with Crippen molar-refractivity contribution in [3.05, 3.63) is 27.3 Å². The van der Waals surface area contributed by atoms with E-state index in [-0.39, 0.29) is 0 Å². The molecule has 0 radical (unpaired) electrons. The zero-order valence-corrected chi connectivity index (χ0v) is 16.3. The average molecular weight is 425 g/mol. The van der Waals surface area contributed by atoms with Crippen molar-refractivity contribution in [3.63, 3.8) is 0 Å². The first kappa shape index (κ1) is 17.6. The van der Waals surface area contributed by atoms with E-state index in [1.807, 2.05) is 32.2 Å². The van der Waals surface area contributed by atoms with Crippen LogP contribution in [0.4, 0.5) is 10.6 Å². The van der Waals surface area contributed by atoms with Crippen LogP contribution in [0.2, 0.25) is 0 Å². The number of hydrogen-bond acceptors (Lipinski definition) is 7. The molecule has 3 aromatic rings. The summed E-state index contributed by atoms with van der Waals surface area (Å²) in [6.07, 6.45) is 0.927. The van der Waals surface area contributed by atoms with Crippen molar-refractivity contribution in [3.8, 4) is 11.4 Å². The number of fused-ring (bicyclic) bond motifs is 1. The second-order valence-corrected chi connectivity index (χ2v) is 8.06. The standard InChI is InChI=1S/C15H17BrN6O2S/c1-15(2,3)24-14(23)18-5-11-21-9(6-25-11)10-4-8(16)12-13(17)19-7-20-22(10)12/h4,6-7H,5H2,1-3H3,(H,18,23)(H2,17,19,20). The van der Waals surface area contributed by atoms with E-state index >= 15 is 0 Å². The van der Waals surface area contributed by atoms with Gasteiger partial charge in [-0.05, 0) is 42.8 Å². The summed E-state index contributed by atoms with van der Waals surface area (Å²) < 4.78 is 7.69. The van der Waals surface area contributed by atoms with Crippen LogP contribution in [0.1, 0.15) is 25.8 Å². The first-order valence-corrected chi connectivity index (χ1v) is 9.11. The van der Waals surface area contributed by atoms with Crippen molar-refractivity contribution in [1.29, 1.82) is 0 Å². The Balaban J connectivity index is 1.79. The molecule has 1 amide bonds. The maximum Gasteiger partial charge on any atom is 0.408 e. The van der Waals surface area contributed by atoms with Gasteiger partial charge in [0, 0.05) is 9.85 Å². The van der Waals surface area contributed by atoms with Gasteiger partial charge in [-0.2, -0.15) is 5.10 Å². The van der Waals surface area contributed by atoms with E-state index in [4.69, 9.17) is 10.5 Å². The molecule has 10 heteroatoms. The van der Waals surface area contributed by atoms with Gasteiger partial charge in [-0.3, -0.25) is 0 Å². The molecular weight excluding hydrogens is 408 g/mol. The molecule has 0 unspecified atom stereocenters. The van der Waals surface area contributed by atoms with Crippen LogP contribution < -0.4 is 11.1 Å². The molecule has 3 N–H and O–H groups in total. The lowest BCUT2D eigenvalue weighted by molar-refractivity contribution is 0.0523. The SMILES string of the molecule is CC(C)(C)OC(=O)NCc1nc(-c2cc(Br)c3c(N)ncnn23)cs1. The highest BCUT2D eigenvalue weighted by Gasteiger charge is 2.18. The minimum atomic E-state index is -0.533. The molecule has 0 saturated heterocycles. The molecule has 3 heterocycles. The van der Waals surface area contributed by atoms with Crippen LogP contribution in [-0.2, 0) is 11.3 Å². The summed E-state index contributed by atoms with van der Waals surface area (Å²) in [7, 11) is 0. The molecule has 8 nitrogen and oxygen atoms in total. The molecule has 0 aliphatic heterocycles. The molecular formula is C15H17BrN6O2S. The van der Waals surface area contributed by atoms with E-state index in [0.717, 1.165) is 20.9 Å². The van der Waals surface area contributed by atoms with Gasteiger partial charge in [-0.15, -0.1) is 11.3 Å². The lowest BCUT2D eigenvalue weighted by atomic mass is 10.2. The molecule has 3 rings (SSSR count). The number of halogens is 1. The third-order valence-electron chi connectivity index (χ3n) is 3.13. The van der Waals surface area contributed by atoms with E-state index < -0.39 is 11.7 Å². The van der Waals surface area contributed by atoms with Gasteiger partial charge in [-0.25, -0.2) is 19.3 Å². The highest BCUT2D eigenvalue weighted by atomic mass is 79.9. The predicted octanol–water partition coefficient (Wildman–Crippen LogP) is 3.22.